The maximum absolute atomic E-state index is 11.9. The number of aliphatic carboxylic acids is 1. The van der Waals surface area contributed by atoms with E-state index in [1.54, 1.807) is 0 Å². The van der Waals surface area contributed by atoms with Gasteiger partial charge in [0.05, 0.1) is 5.92 Å². The first-order valence-corrected chi connectivity index (χ1v) is 7.67. The van der Waals surface area contributed by atoms with Crippen LogP contribution < -0.4 is 5.32 Å². The fourth-order valence-electron chi connectivity index (χ4n) is 2.77. The normalized spacial score (nSPS) is 23.6. The Labute approximate surface area is 116 Å². The van der Waals surface area contributed by atoms with Crippen molar-refractivity contribution in [3.05, 3.63) is 0 Å². The molecule has 4 heteroatoms. The van der Waals surface area contributed by atoms with E-state index in [2.05, 4.69) is 12.2 Å². The van der Waals surface area contributed by atoms with Crippen molar-refractivity contribution >= 4 is 11.9 Å². The van der Waals surface area contributed by atoms with E-state index in [1.165, 1.54) is 0 Å². The number of hydrogen-bond acceptors (Lipinski definition) is 2. The molecule has 0 aliphatic heterocycles. The van der Waals surface area contributed by atoms with Gasteiger partial charge in [-0.25, -0.2) is 0 Å². The van der Waals surface area contributed by atoms with Crippen LogP contribution in [0.4, 0.5) is 0 Å². The largest absolute Gasteiger partial charge is 0.481 e. The molecule has 19 heavy (non-hydrogen) atoms. The van der Waals surface area contributed by atoms with Gasteiger partial charge in [0.25, 0.3) is 0 Å². The number of unbranched alkanes of at least 4 members (excludes halogenated alkanes) is 3. The minimum Gasteiger partial charge on any atom is -0.481 e. The number of nitrogens with one attached hydrogen (secondary N) is 1. The van der Waals surface area contributed by atoms with Gasteiger partial charge in [-0.15, -0.1) is 0 Å². The highest BCUT2D eigenvalue weighted by Gasteiger charge is 2.30. The minimum absolute atomic E-state index is 0.0225. The van der Waals surface area contributed by atoms with Crippen molar-refractivity contribution in [3.63, 3.8) is 0 Å². The summed E-state index contributed by atoms with van der Waals surface area (Å²) in [6, 6.07) is -0.168. The van der Waals surface area contributed by atoms with E-state index in [0.717, 1.165) is 51.4 Å². The van der Waals surface area contributed by atoms with Crippen LogP contribution in [0.15, 0.2) is 0 Å². The molecule has 2 N–H and O–H groups in total. The molecule has 0 aromatic heterocycles. The molecule has 1 amide bonds. The molecule has 1 saturated carbocycles. The SMILES string of the molecule is CCCCCCC(=O)NC1CCCCCC1C(=O)O. The second-order valence-corrected chi connectivity index (χ2v) is 5.57. The monoisotopic (exact) mass is 269 g/mol. The first-order chi connectivity index (χ1) is 9.15. The summed E-state index contributed by atoms with van der Waals surface area (Å²) in [6.07, 6.45) is 9.38. The molecule has 2 unspecified atom stereocenters. The van der Waals surface area contributed by atoms with Crippen molar-refractivity contribution < 1.29 is 14.7 Å². The van der Waals surface area contributed by atoms with Crippen LogP contribution in [0.25, 0.3) is 0 Å². The molecule has 1 aliphatic carbocycles. The Morgan fingerprint density at radius 2 is 1.84 bits per heavy atom. The van der Waals surface area contributed by atoms with Gasteiger partial charge in [0.15, 0.2) is 0 Å². The molecular weight excluding hydrogens is 242 g/mol. The van der Waals surface area contributed by atoms with E-state index in [1.807, 2.05) is 0 Å². The van der Waals surface area contributed by atoms with E-state index >= 15 is 0 Å². The quantitative estimate of drug-likeness (QED) is 0.551. The van der Waals surface area contributed by atoms with Crippen molar-refractivity contribution in [2.75, 3.05) is 0 Å². The zero-order valence-corrected chi connectivity index (χ0v) is 12.0. The number of carboxylic acid groups (broad SMARTS) is 1. The Morgan fingerprint density at radius 1 is 1.11 bits per heavy atom. The summed E-state index contributed by atoms with van der Waals surface area (Å²) in [5.41, 5.74) is 0. The van der Waals surface area contributed by atoms with Gasteiger partial charge in [-0.05, 0) is 19.3 Å². The topological polar surface area (TPSA) is 66.4 Å². The molecule has 1 rings (SSSR count). The molecule has 0 aromatic rings. The highest BCUT2D eigenvalue weighted by Crippen LogP contribution is 2.24. The third-order valence-electron chi connectivity index (χ3n) is 3.94. The van der Waals surface area contributed by atoms with E-state index in [9.17, 15) is 14.7 Å². The highest BCUT2D eigenvalue weighted by atomic mass is 16.4. The van der Waals surface area contributed by atoms with E-state index < -0.39 is 11.9 Å². The lowest BCUT2D eigenvalue weighted by atomic mass is 9.94. The molecule has 4 nitrogen and oxygen atoms in total. The molecule has 1 aliphatic rings. The predicted octanol–water partition coefficient (Wildman–Crippen LogP) is 3.11. The van der Waals surface area contributed by atoms with Gasteiger partial charge >= 0.3 is 5.97 Å². The third-order valence-corrected chi connectivity index (χ3v) is 3.94. The fourth-order valence-corrected chi connectivity index (χ4v) is 2.77. The van der Waals surface area contributed by atoms with Crippen LogP contribution in [0.2, 0.25) is 0 Å². The lowest BCUT2D eigenvalue weighted by Crippen LogP contribution is -2.42. The zero-order chi connectivity index (χ0) is 14.1. The summed E-state index contributed by atoms with van der Waals surface area (Å²) >= 11 is 0. The van der Waals surface area contributed by atoms with Crippen molar-refractivity contribution in [1.82, 2.24) is 5.32 Å². The molecule has 0 saturated heterocycles. The number of carbonyl (C=O) groups is 2. The molecular formula is C15H27NO3. The van der Waals surface area contributed by atoms with Crippen LogP contribution in [0, 0.1) is 5.92 Å². The second-order valence-electron chi connectivity index (χ2n) is 5.57. The third kappa shape index (κ3) is 6.08. The average Bonchev–Trinajstić information content (AvgIpc) is 2.60. The Kier molecular flexibility index (Phi) is 7.53. The van der Waals surface area contributed by atoms with E-state index in [-0.39, 0.29) is 11.9 Å². The summed E-state index contributed by atoms with van der Waals surface area (Å²) in [4.78, 5) is 23.1. The van der Waals surface area contributed by atoms with Crippen LogP contribution in [-0.4, -0.2) is 23.0 Å². The smallest absolute Gasteiger partial charge is 0.308 e. The Balaban J connectivity index is 2.38. The molecule has 110 valence electrons. The van der Waals surface area contributed by atoms with Gasteiger partial charge in [-0.1, -0.05) is 45.4 Å². The van der Waals surface area contributed by atoms with Crippen LogP contribution >= 0.6 is 0 Å². The maximum Gasteiger partial charge on any atom is 0.308 e. The zero-order valence-electron chi connectivity index (χ0n) is 12.0. The Bertz CT molecular complexity index is 291. The van der Waals surface area contributed by atoms with Gasteiger partial charge in [-0.2, -0.15) is 0 Å². The lowest BCUT2D eigenvalue weighted by Gasteiger charge is -2.22. The summed E-state index contributed by atoms with van der Waals surface area (Å²) < 4.78 is 0. The van der Waals surface area contributed by atoms with Crippen molar-refractivity contribution in [3.8, 4) is 0 Å². The second kappa shape index (κ2) is 8.94. The average molecular weight is 269 g/mol. The van der Waals surface area contributed by atoms with Gasteiger partial charge in [0, 0.05) is 12.5 Å². The van der Waals surface area contributed by atoms with E-state index in [4.69, 9.17) is 0 Å². The van der Waals surface area contributed by atoms with Gasteiger partial charge in [0.2, 0.25) is 5.91 Å². The fraction of sp³-hybridized carbons (Fsp3) is 0.867. The predicted molar refractivity (Wildman–Crippen MR) is 74.9 cm³/mol. The molecule has 0 bridgehead atoms. The summed E-state index contributed by atoms with van der Waals surface area (Å²) in [5.74, 6) is -1.14. The van der Waals surface area contributed by atoms with Crippen LogP contribution in [0.1, 0.15) is 71.1 Å². The van der Waals surface area contributed by atoms with Gasteiger partial charge in [-0.3, -0.25) is 9.59 Å². The number of carbonyl (C=O) groups excluding carboxylic acids is 1. The van der Waals surface area contributed by atoms with Crippen LogP contribution in [0.5, 0.6) is 0 Å². The summed E-state index contributed by atoms with van der Waals surface area (Å²) in [5, 5.41) is 12.2. The Hall–Kier alpha value is -1.06. The lowest BCUT2D eigenvalue weighted by molar-refractivity contribution is -0.143. The molecule has 0 aromatic carbocycles. The first kappa shape index (κ1) is 16.0. The van der Waals surface area contributed by atoms with Crippen molar-refractivity contribution in [2.45, 2.75) is 77.2 Å². The number of carboxylic acids is 1. The van der Waals surface area contributed by atoms with E-state index in [0.29, 0.717) is 12.8 Å². The minimum atomic E-state index is -0.766. The van der Waals surface area contributed by atoms with Gasteiger partial charge in [0.1, 0.15) is 0 Å². The Morgan fingerprint density at radius 3 is 2.53 bits per heavy atom. The van der Waals surface area contributed by atoms with Crippen LogP contribution in [0.3, 0.4) is 0 Å². The molecule has 1 fully saturated rings. The molecule has 2 atom stereocenters. The number of amides is 1. The van der Waals surface area contributed by atoms with Gasteiger partial charge < -0.3 is 10.4 Å². The van der Waals surface area contributed by atoms with Crippen LogP contribution in [-0.2, 0) is 9.59 Å². The standard InChI is InChI=1S/C15H27NO3/c1-2-3-4-8-11-14(17)16-13-10-7-5-6-9-12(13)15(18)19/h12-13H,2-11H2,1H3,(H,16,17)(H,18,19). The summed E-state index contributed by atoms with van der Waals surface area (Å²) in [6.45, 7) is 2.14. The highest BCUT2D eigenvalue weighted by molar-refractivity contribution is 5.78. The molecule has 0 spiro atoms. The number of rotatable bonds is 7. The van der Waals surface area contributed by atoms with Crippen molar-refractivity contribution in [2.24, 2.45) is 5.92 Å². The first-order valence-electron chi connectivity index (χ1n) is 7.67. The maximum atomic E-state index is 11.9. The molecule has 0 heterocycles. The summed E-state index contributed by atoms with van der Waals surface area (Å²) in [7, 11) is 0. The molecule has 0 radical (unpaired) electrons. The van der Waals surface area contributed by atoms with Crippen molar-refractivity contribution in [1.29, 1.82) is 0 Å². The number of hydrogen-bond donors (Lipinski definition) is 2.